The first kappa shape index (κ1) is 5.15. The molecule has 0 heterocycles. The Hall–Kier alpha value is -0.660. The number of hydrogen-bond donors (Lipinski definition) is 0. The Kier molecular flexibility index (Phi) is 0.450. The third-order valence-corrected chi connectivity index (χ3v) is 5.52. The lowest BCUT2D eigenvalue weighted by Crippen LogP contribution is -2.62. The van der Waals surface area contributed by atoms with Crippen LogP contribution < -0.4 is 0 Å². The van der Waals surface area contributed by atoms with Crippen LogP contribution in [0.15, 0.2) is 0 Å². The van der Waals surface area contributed by atoms with E-state index in [2.05, 4.69) is 0 Å². The Bertz CT molecular complexity index is 296. The summed E-state index contributed by atoms with van der Waals surface area (Å²) in [6.07, 6.45) is 0. The van der Waals surface area contributed by atoms with Crippen LogP contribution in [0.5, 0.6) is 0 Å². The van der Waals surface area contributed by atoms with Crippen molar-refractivity contribution in [2.24, 2.45) is 47.3 Å². The fourth-order valence-electron chi connectivity index (χ4n) is 5.37. The van der Waals surface area contributed by atoms with Gasteiger partial charge < -0.3 is 0 Å². The van der Waals surface area contributed by atoms with Crippen molar-refractivity contribution in [1.29, 1.82) is 0 Å². The van der Waals surface area contributed by atoms with Gasteiger partial charge in [-0.15, -0.1) is 0 Å². The molecule has 5 fully saturated rings. The summed E-state index contributed by atoms with van der Waals surface area (Å²) in [4.78, 5) is 23.4. The molecule has 2 heteroatoms. The van der Waals surface area contributed by atoms with Crippen molar-refractivity contribution < 1.29 is 9.59 Å². The highest BCUT2D eigenvalue weighted by Gasteiger charge is 2.90. The van der Waals surface area contributed by atoms with Crippen LogP contribution in [0, 0.1) is 47.3 Å². The second-order valence-corrected chi connectivity index (χ2v) is 5.22. The van der Waals surface area contributed by atoms with E-state index in [0.717, 1.165) is 0 Å². The zero-order chi connectivity index (χ0) is 7.77. The van der Waals surface area contributed by atoms with Gasteiger partial charge in [-0.25, -0.2) is 0 Å². The number of carbonyl (C=O) groups is 2. The van der Waals surface area contributed by atoms with E-state index in [9.17, 15) is 9.59 Å². The summed E-state index contributed by atoms with van der Waals surface area (Å²) in [6.45, 7) is 0. The van der Waals surface area contributed by atoms with Gasteiger partial charge in [-0.3, -0.25) is 9.59 Å². The van der Waals surface area contributed by atoms with E-state index in [1.165, 1.54) is 0 Å². The number of carbonyl (C=O) groups excluding carboxylic acids is 2. The van der Waals surface area contributed by atoms with Crippen LogP contribution in [0.2, 0.25) is 0 Å². The fraction of sp³-hybridized carbons (Fsp3) is 0.800. The summed E-state index contributed by atoms with van der Waals surface area (Å²) >= 11 is 0. The van der Waals surface area contributed by atoms with E-state index in [0.29, 0.717) is 35.2 Å². The summed E-state index contributed by atoms with van der Waals surface area (Å²) in [6, 6.07) is 0. The minimum absolute atomic E-state index is 0.229. The molecule has 0 amide bonds. The lowest BCUT2D eigenvalue weighted by Gasteiger charge is -2.62. The average molecular weight is 160 g/mol. The molecule has 0 spiro atoms. The van der Waals surface area contributed by atoms with Gasteiger partial charge in [0.1, 0.15) is 11.6 Å². The maximum absolute atomic E-state index is 11.7. The third-order valence-electron chi connectivity index (χ3n) is 5.52. The zero-order valence-corrected chi connectivity index (χ0v) is 6.44. The summed E-state index contributed by atoms with van der Waals surface area (Å²) in [7, 11) is 0. The quantitative estimate of drug-likeness (QED) is 0.504. The molecule has 0 radical (unpaired) electrons. The fourth-order valence-corrected chi connectivity index (χ4v) is 5.37. The Balaban J connectivity index is 1.90. The van der Waals surface area contributed by atoms with E-state index in [1.54, 1.807) is 0 Å². The highest BCUT2D eigenvalue weighted by Crippen LogP contribution is 2.86. The molecule has 0 aromatic heterocycles. The number of ketones is 2. The van der Waals surface area contributed by atoms with Crippen LogP contribution in [-0.4, -0.2) is 11.6 Å². The highest BCUT2D eigenvalue weighted by molar-refractivity contribution is 6.08. The minimum atomic E-state index is 0.229. The van der Waals surface area contributed by atoms with Gasteiger partial charge in [-0.1, -0.05) is 0 Å². The van der Waals surface area contributed by atoms with Crippen LogP contribution in [0.1, 0.15) is 0 Å². The van der Waals surface area contributed by atoms with Crippen molar-refractivity contribution in [1.82, 2.24) is 0 Å². The molecule has 5 aliphatic carbocycles. The normalized spacial score (nSPS) is 78.3. The van der Waals surface area contributed by atoms with Gasteiger partial charge >= 0.3 is 0 Å². The molecule has 5 rings (SSSR count). The molecule has 5 aliphatic rings. The van der Waals surface area contributed by atoms with Crippen molar-refractivity contribution in [2.75, 3.05) is 0 Å². The van der Waals surface area contributed by atoms with Gasteiger partial charge in [-0.05, 0) is 23.7 Å². The highest BCUT2D eigenvalue weighted by atomic mass is 16.1. The van der Waals surface area contributed by atoms with Gasteiger partial charge in [0.2, 0.25) is 0 Å². The number of Topliss-reactive ketones (excluding diaryl/α,β-unsaturated/α-hetero) is 2. The Morgan fingerprint density at radius 3 is 1.08 bits per heavy atom. The summed E-state index contributed by atoms with van der Waals surface area (Å²) in [5, 5.41) is 0. The molecule has 12 heavy (non-hydrogen) atoms. The summed E-state index contributed by atoms with van der Waals surface area (Å²) in [5.41, 5.74) is 0. The van der Waals surface area contributed by atoms with Crippen molar-refractivity contribution in [3.8, 4) is 0 Å². The van der Waals surface area contributed by atoms with E-state index < -0.39 is 0 Å². The number of hydrogen-bond acceptors (Lipinski definition) is 2. The molecule has 5 saturated carbocycles. The van der Waals surface area contributed by atoms with E-state index >= 15 is 0 Å². The van der Waals surface area contributed by atoms with Gasteiger partial charge in [0.25, 0.3) is 0 Å². The van der Waals surface area contributed by atoms with Gasteiger partial charge in [0.15, 0.2) is 0 Å². The second kappa shape index (κ2) is 1.05. The van der Waals surface area contributed by atoms with Crippen molar-refractivity contribution >= 4 is 11.6 Å². The molecule has 0 bridgehead atoms. The first-order valence-electron chi connectivity index (χ1n) is 4.90. The zero-order valence-electron chi connectivity index (χ0n) is 6.44. The lowest BCUT2D eigenvalue weighted by atomic mass is 9.39. The molecule has 0 saturated heterocycles. The molecule has 0 aromatic rings. The van der Waals surface area contributed by atoms with Crippen LogP contribution in [0.3, 0.4) is 0 Å². The van der Waals surface area contributed by atoms with Crippen LogP contribution >= 0.6 is 0 Å². The smallest absolute Gasteiger partial charge is 0.141 e. The second-order valence-electron chi connectivity index (χ2n) is 5.22. The molecule has 2 nitrogen and oxygen atoms in total. The first-order chi connectivity index (χ1) is 5.82. The van der Waals surface area contributed by atoms with E-state index in [1.807, 2.05) is 0 Å². The minimum Gasteiger partial charge on any atom is -0.299 e. The van der Waals surface area contributed by atoms with E-state index in [-0.39, 0.29) is 23.7 Å². The van der Waals surface area contributed by atoms with Gasteiger partial charge in [0.05, 0.1) is 0 Å². The molecule has 60 valence electrons. The summed E-state index contributed by atoms with van der Waals surface area (Å²) < 4.78 is 0. The van der Waals surface area contributed by atoms with Gasteiger partial charge in [-0.2, -0.15) is 0 Å². The first-order valence-corrected chi connectivity index (χ1v) is 4.90. The predicted octanol–water partition coefficient (Wildman–Crippen LogP) is 0.122. The maximum atomic E-state index is 11.7. The van der Waals surface area contributed by atoms with E-state index in [4.69, 9.17) is 0 Å². The van der Waals surface area contributed by atoms with Crippen molar-refractivity contribution in [2.45, 2.75) is 0 Å². The molecular weight excluding hydrogens is 152 g/mol. The number of fused-ring (bicyclic) bond motifs is 2. The molecule has 4 atom stereocenters. The van der Waals surface area contributed by atoms with Crippen LogP contribution in [0.25, 0.3) is 0 Å². The van der Waals surface area contributed by atoms with Gasteiger partial charge in [0, 0.05) is 23.7 Å². The third kappa shape index (κ3) is 0.212. The van der Waals surface area contributed by atoms with Crippen LogP contribution in [0.4, 0.5) is 0 Å². The number of rotatable bonds is 0. The van der Waals surface area contributed by atoms with Crippen molar-refractivity contribution in [3.63, 3.8) is 0 Å². The largest absolute Gasteiger partial charge is 0.299 e. The Morgan fingerprint density at radius 2 is 0.833 bits per heavy atom. The SMILES string of the molecule is O=C1[C@@H]2C3C4C5C3[C@@H]2C(=O)[C@H]5[C@@H]14. The molecule has 0 aromatic carbocycles. The van der Waals surface area contributed by atoms with Crippen molar-refractivity contribution in [3.05, 3.63) is 0 Å². The average Bonchev–Trinajstić information content (AvgIpc) is 2.26. The lowest BCUT2D eigenvalue weighted by molar-refractivity contribution is -0.183. The molecule has 0 aliphatic heterocycles. The standard InChI is InChI=1S/C10H8O2/c11-9-5-1-2-4-3(1)7(9)8(4)10(12)6(2)5/h1-8H/t1?,2?,3?,4?,5-,6+,7+,8-. The summed E-state index contributed by atoms with van der Waals surface area (Å²) in [5.74, 6) is 4.65. The van der Waals surface area contributed by atoms with Crippen LogP contribution in [-0.2, 0) is 9.59 Å². The predicted molar refractivity (Wildman–Crippen MR) is 37.9 cm³/mol. The molecule has 0 unspecified atom stereocenters. The topological polar surface area (TPSA) is 34.1 Å². The molecule has 0 N–H and O–H groups in total. The Morgan fingerprint density at radius 1 is 0.583 bits per heavy atom. The maximum Gasteiger partial charge on any atom is 0.141 e. The Labute approximate surface area is 69.3 Å². The monoisotopic (exact) mass is 160 g/mol. The molecular formula is C10H8O2.